The zero-order chi connectivity index (χ0) is 11.5. The third-order valence-corrected chi connectivity index (χ3v) is 2.73. The zero-order valence-electron chi connectivity index (χ0n) is 9.77. The number of hydrogen-bond acceptors (Lipinski definition) is 2. The Hall–Kier alpha value is -1.32. The SMILES string of the molecule is C[C@@H](O)CNCc1cn(C)c2ccccc12. The van der Waals surface area contributed by atoms with Crippen molar-refractivity contribution >= 4 is 10.9 Å². The molecule has 0 aliphatic rings. The van der Waals surface area contributed by atoms with Crippen LogP contribution in [-0.2, 0) is 13.6 Å². The molecular formula is C13H18N2O. The zero-order valence-corrected chi connectivity index (χ0v) is 9.77. The van der Waals surface area contributed by atoms with E-state index in [-0.39, 0.29) is 6.10 Å². The van der Waals surface area contributed by atoms with Crippen LogP contribution >= 0.6 is 0 Å². The largest absolute Gasteiger partial charge is 0.392 e. The fourth-order valence-electron chi connectivity index (χ4n) is 1.98. The molecule has 2 aromatic rings. The molecule has 2 N–H and O–H groups in total. The summed E-state index contributed by atoms with van der Waals surface area (Å²) in [4.78, 5) is 0. The quantitative estimate of drug-likeness (QED) is 0.818. The second-order valence-corrected chi connectivity index (χ2v) is 4.26. The minimum absolute atomic E-state index is 0.296. The van der Waals surface area contributed by atoms with Crippen LogP contribution in [0, 0.1) is 0 Å². The van der Waals surface area contributed by atoms with Gasteiger partial charge in [-0.1, -0.05) is 18.2 Å². The number of nitrogens with one attached hydrogen (secondary N) is 1. The van der Waals surface area contributed by atoms with Gasteiger partial charge in [-0.2, -0.15) is 0 Å². The minimum Gasteiger partial charge on any atom is -0.392 e. The monoisotopic (exact) mass is 218 g/mol. The summed E-state index contributed by atoms with van der Waals surface area (Å²) in [5.74, 6) is 0. The lowest BCUT2D eigenvalue weighted by Crippen LogP contribution is -2.23. The lowest BCUT2D eigenvalue weighted by molar-refractivity contribution is 0.191. The molecule has 0 spiro atoms. The molecule has 1 aromatic carbocycles. The average molecular weight is 218 g/mol. The van der Waals surface area contributed by atoms with E-state index in [0.29, 0.717) is 6.54 Å². The van der Waals surface area contributed by atoms with E-state index in [1.807, 2.05) is 0 Å². The van der Waals surface area contributed by atoms with Crippen molar-refractivity contribution in [3.63, 3.8) is 0 Å². The van der Waals surface area contributed by atoms with Crippen molar-refractivity contribution in [1.29, 1.82) is 0 Å². The van der Waals surface area contributed by atoms with Crippen molar-refractivity contribution in [3.8, 4) is 0 Å². The Kier molecular flexibility index (Phi) is 3.27. The normalized spacial score (nSPS) is 13.2. The second kappa shape index (κ2) is 4.68. The lowest BCUT2D eigenvalue weighted by atomic mass is 10.2. The summed E-state index contributed by atoms with van der Waals surface area (Å²) in [5, 5.41) is 13.7. The van der Waals surface area contributed by atoms with Gasteiger partial charge >= 0.3 is 0 Å². The Balaban J connectivity index is 2.18. The van der Waals surface area contributed by atoms with Gasteiger partial charge in [-0.25, -0.2) is 0 Å². The van der Waals surface area contributed by atoms with E-state index in [0.717, 1.165) is 6.54 Å². The number of para-hydroxylation sites is 1. The highest BCUT2D eigenvalue weighted by molar-refractivity contribution is 5.83. The molecule has 0 fully saturated rings. The molecule has 16 heavy (non-hydrogen) atoms. The Morgan fingerprint density at radius 1 is 1.38 bits per heavy atom. The summed E-state index contributed by atoms with van der Waals surface area (Å²) >= 11 is 0. The van der Waals surface area contributed by atoms with Crippen LogP contribution in [0.25, 0.3) is 10.9 Å². The maximum absolute atomic E-state index is 9.18. The molecule has 2 rings (SSSR count). The third-order valence-electron chi connectivity index (χ3n) is 2.73. The van der Waals surface area contributed by atoms with Gasteiger partial charge in [-0.3, -0.25) is 0 Å². The molecule has 0 saturated carbocycles. The van der Waals surface area contributed by atoms with Gasteiger partial charge < -0.3 is 15.0 Å². The van der Waals surface area contributed by atoms with E-state index < -0.39 is 0 Å². The summed E-state index contributed by atoms with van der Waals surface area (Å²) in [5.41, 5.74) is 2.52. The molecule has 1 aromatic heterocycles. The van der Waals surface area contributed by atoms with Crippen molar-refractivity contribution in [2.24, 2.45) is 7.05 Å². The molecule has 0 aliphatic carbocycles. The van der Waals surface area contributed by atoms with Crippen molar-refractivity contribution < 1.29 is 5.11 Å². The van der Waals surface area contributed by atoms with Crippen LogP contribution in [0.1, 0.15) is 12.5 Å². The second-order valence-electron chi connectivity index (χ2n) is 4.26. The van der Waals surface area contributed by atoms with Crippen LogP contribution in [-0.4, -0.2) is 22.3 Å². The smallest absolute Gasteiger partial charge is 0.0636 e. The number of hydrogen-bond donors (Lipinski definition) is 2. The summed E-state index contributed by atoms with van der Waals surface area (Å²) in [6.45, 7) is 3.21. The highest BCUT2D eigenvalue weighted by Crippen LogP contribution is 2.19. The molecule has 0 bridgehead atoms. The number of aliphatic hydroxyl groups excluding tert-OH is 1. The van der Waals surface area contributed by atoms with Crippen LogP contribution in [0.2, 0.25) is 0 Å². The van der Waals surface area contributed by atoms with E-state index in [2.05, 4.69) is 47.4 Å². The molecule has 86 valence electrons. The number of fused-ring (bicyclic) bond motifs is 1. The molecule has 3 nitrogen and oxygen atoms in total. The Morgan fingerprint density at radius 3 is 2.88 bits per heavy atom. The number of aromatic nitrogens is 1. The first-order valence-electron chi connectivity index (χ1n) is 5.60. The molecule has 0 unspecified atom stereocenters. The number of aliphatic hydroxyl groups is 1. The number of aryl methyl sites for hydroxylation is 1. The van der Waals surface area contributed by atoms with Crippen LogP contribution in [0.4, 0.5) is 0 Å². The van der Waals surface area contributed by atoms with Crippen LogP contribution in [0.5, 0.6) is 0 Å². The van der Waals surface area contributed by atoms with Gasteiger partial charge in [0.15, 0.2) is 0 Å². The van der Waals surface area contributed by atoms with E-state index in [9.17, 15) is 5.11 Å². The van der Waals surface area contributed by atoms with Gasteiger partial charge in [-0.05, 0) is 18.6 Å². The molecular weight excluding hydrogens is 200 g/mol. The lowest BCUT2D eigenvalue weighted by Gasteiger charge is -2.05. The molecule has 1 heterocycles. The van der Waals surface area contributed by atoms with E-state index in [1.54, 1.807) is 6.92 Å². The Morgan fingerprint density at radius 2 is 2.12 bits per heavy atom. The summed E-state index contributed by atoms with van der Waals surface area (Å²) in [7, 11) is 2.06. The molecule has 3 heteroatoms. The maximum Gasteiger partial charge on any atom is 0.0636 e. The highest BCUT2D eigenvalue weighted by Gasteiger charge is 2.05. The highest BCUT2D eigenvalue weighted by atomic mass is 16.3. The third kappa shape index (κ3) is 2.26. The van der Waals surface area contributed by atoms with Crippen molar-refractivity contribution in [2.45, 2.75) is 19.6 Å². The fourth-order valence-corrected chi connectivity index (χ4v) is 1.98. The first kappa shape index (κ1) is 11.2. The van der Waals surface area contributed by atoms with Crippen LogP contribution in [0.15, 0.2) is 30.5 Å². The summed E-state index contributed by atoms with van der Waals surface area (Å²) in [6, 6.07) is 8.36. The molecule has 0 radical (unpaired) electrons. The van der Waals surface area contributed by atoms with Gasteiger partial charge in [0.1, 0.15) is 0 Å². The minimum atomic E-state index is -0.296. The van der Waals surface area contributed by atoms with Gasteiger partial charge in [0.2, 0.25) is 0 Å². The molecule has 0 amide bonds. The fraction of sp³-hybridized carbons (Fsp3) is 0.385. The standard InChI is InChI=1S/C13H18N2O/c1-10(16)7-14-8-11-9-15(2)13-6-4-3-5-12(11)13/h3-6,9-10,14,16H,7-8H2,1-2H3/t10-/m1/s1. The Labute approximate surface area is 95.7 Å². The predicted molar refractivity (Wildman–Crippen MR) is 66.3 cm³/mol. The number of nitrogens with zero attached hydrogens (tertiary/aromatic N) is 1. The summed E-state index contributed by atoms with van der Waals surface area (Å²) in [6.07, 6.45) is 1.84. The predicted octanol–water partition coefficient (Wildman–Crippen LogP) is 1.65. The molecule has 1 atom stereocenters. The van der Waals surface area contributed by atoms with Gasteiger partial charge in [-0.15, -0.1) is 0 Å². The molecule has 0 aliphatic heterocycles. The van der Waals surface area contributed by atoms with Crippen molar-refractivity contribution in [1.82, 2.24) is 9.88 Å². The Bertz CT molecular complexity index is 474. The van der Waals surface area contributed by atoms with Crippen molar-refractivity contribution in [3.05, 3.63) is 36.0 Å². The van der Waals surface area contributed by atoms with E-state index >= 15 is 0 Å². The molecule has 0 saturated heterocycles. The maximum atomic E-state index is 9.18. The first-order valence-corrected chi connectivity index (χ1v) is 5.60. The summed E-state index contributed by atoms with van der Waals surface area (Å²) < 4.78 is 2.13. The van der Waals surface area contributed by atoms with Crippen LogP contribution < -0.4 is 5.32 Å². The average Bonchev–Trinajstić information content (AvgIpc) is 2.57. The van der Waals surface area contributed by atoms with E-state index in [1.165, 1.54) is 16.5 Å². The van der Waals surface area contributed by atoms with E-state index in [4.69, 9.17) is 0 Å². The van der Waals surface area contributed by atoms with Gasteiger partial charge in [0, 0.05) is 37.2 Å². The van der Waals surface area contributed by atoms with Crippen molar-refractivity contribution in [2.75, 3.05) is 6.54 Å². The first-order chi connectivity index (χ1) is 7.68. The van der Waals surface area contributed by atoms with Gasteiger partial charge in [0.25, 0.3) is 0 Å². The number of benzene rings is 1. The van der Waals surface area contributed by atoms with Gasteiger partial charge in [0.05, 0.1) is 6.10 Å². The van der Waals surface area contributed by atoms with Crippen LogP contribution in [0.3, 0.4) is 0 Å². The number of rotatable bonds is 4. The topological polar surface area (TPSA) is 37.2 Å².